The Morgan fingerprint density at radius 2 is 1.32 bits per heavy atom. The standard InChI is InChI=1S/C27H27NO10/c1-15(29)33-14-23-24(34-16(2)30)25(35-17(3)31)26(36-18(4)32)27(38-23)37-22-11-9-21(10-12-22)20-7-5-19(13-28)6-8-20/h5-12,23-27H,14H2,1-4H3/t23-,24-,25+,26+,27?/m1/s1/i1D,2D,3D,4D. The minimum Gasteiger partial charge on any atom is -0.463 e. The molecule has 0 N–H and O–H groups in total. The predicted octanol–water partition coefficient (Wildman–Crippen LogP) is 2.69. The summed E-state index contributed by atoms with van der Waals surface area (Å²) in [7, 11) is 0. The van der Waals surface area contributed by atoms with Gasteiger partial charge >= 0.3 is 23.9 Å². The average Bonchev–Trinajstić information content (AvgIpc) is 3.02. The molecule has 3 rings (SSSR count). The largest absolute Gasteiger partial charge is 0.463 e. The van der Waals surface area contributed by atoms with Crippen LogP contribution in [0.3, 0.4) is 0 Å². The number of ether oxygens (including phenoxy) is 6. The second kappa shape index (κ2) is 12.7. The van der Waals surface area contributed by atoms with Gasteiger partial charge in [-0.15, -0.1) is 0 Å². The van der Waals surface area contributed by atoms with Gasteiger partial charge in [0.25, 0.3) is 0 Å². The van der Waals surface area contributed by atoms with Crippen LogP contribution < -0.4 is 4.74 Å². The van der Waals surface area contributed by atoms with Crippen molar-refractivity contribution in [2.24, 2.45) is 0 Å². The molecule has 1 saturated heterocycles. The molecular weight excluding hydrogens is 498 g/mol. The van der Waals surface area contributed by atoms with Crippen molar-refractivity contribution >= 4 is 23.9 Å². The smallest absolute Gasteiger partial charge is 0.303 e. The fraction of sp³-hybridized carbons (Fsp3) is 0.370. The number of rotatable bonds is 8. The van der Waals surface area contributed by atoms with Crippen LogP contribution in [0.4, 0.5) is 0 Å². The van der Waals surface area contributed by atoms with E-state index in [1.165, 1.54) is 0 Å². The molecular formula is C27H27NO10. The molecule has 2 aromatic rings. The van der Waals surface area contributed by atoms with Crippen LogP contribution in [0, 0.1) is 11.3 Å². The highest BCUT2D eigenvalue weighted by molar-refractivity contribution is 5.69. The summed E-state index contributed by atoms with van der Waals surface area (Å²) >= 11 is 0. The number of benzene rings is 2. The van der Waals surface area contributed by atoms with E-state index in [1.807, 2.05) is 6.07 Å². The number of hydrogen-bond acceptors (Lipinski definition) is 11. The molecule has 1 unspecified atom stereocenters. The third kappa shape index (κ3) is 7.54. The van der Waals surface area contributed by atoms with Crippen molar-refractivity contribution < 1.29 is 53.1 Å². The van der Waals surface area contributed by atoms with Gasteiger partial charge in [-0.3, -0.25) is 19.2 Å². The van der Waals surface area contributed by atoms with Crippen molar-refractivity contribution in [2.45, 2.75) is 58.3 Å². The normalized spacial score (nSPS) is 23.7. The summed E-state index contributed by atoms with van der Waals surface area (Å²) in [6, 6.07) is 15.4. The highest BCUT2D eigenvalue weighted by Gasteiger charge is 2.53. The molecule has 0 aliphatic carbocycles. The third-order valence-corrected chi connectivity index (χ3v) is 5.26. The number of hydrogen-bond donors (Lipinski definition) is 0. The maximum Gasteiger partial charge on any atom is 0.303 e. The van der Waals surface area contributed by atoms with Gasteiger partial charge in [0.05, 0.1) is 11.6 Å². The molecule has 0 amide bonds. The molecule has 11 nitrogen and oxygen atoms in total. The van der Waals surface area contributed by atoms with Crippen LogP contribution in [0.2, 0.25) is 0 Å². The van der Waals surface area contributed by atoms with Gasteiger partial charge in [0.2, 0.25) is 12.4 Å². The lowest BCUT2D eigenvalue weighted by Gasteiger charge is -2.43. The Hall–Kier alpha value is -4.43. The lowest BCUT2D eigenvalue weighted by Crippen LogP contribution is -2.63. The summed E-state index contributed by atoms with van der Waals surface area (Å²) in [5, 5.41) is 9.01. The molecule has 11 heteroatoms. The van der Waals surface area contributed by atoms with Gasteiger partial charge in [-0.2, -0.15) is 5.26 Å². The average molecular weight is 530 g/mol. The molecule has 0 bridgehead atoms. The molecule has 2 aromatic carbocycles. The van der Waals surface area contributed by atoms with Crippen molar-refractivity contribution in [3.05, 3.63) is 54.1 Å². The van der Waals surface area contributed by atoms with E-state index < -0.39 is 88.8 Å². The van der Waals surface area contributed by atoms with Crippen molar-refractivity contribution in [3.8, 4) is 22.9 Å². The molecule has 1 heterocycles. The van der Waals surface area contributed by atoms with Gasteiger partial charge in [-0.1, -0.05) is 24.3 Å². The summed E-state index contributed by atoms with van der Waals surface area (Å²) in [6.07, 6.45) is -7.80. The van der Waals surface area contributed by atoms with Crippen molar-refractivity contribution in [1.82, 2.24) is 0 Å². The van der Waals surface area contributed by atoms with Gasteiger partial charge in [0, 0.05) is 33.1 Å². The van der Waals surface area contributed by atoms with E-state index in [4.69, 9.17) is 39.2 Å². The van der Waals surface area contributed by atoms with Gasteiger partial charge < -0.3 is 28.4 Å². The third-order valence-electron chi connectivity index (χ3n) is 5.26. The van der Waals surface area contributed by atoms with Crippen molar-refractivity contribution in [2.75, 3.05) is 6.61 Å². The summed E-state index contributed by atoms with van der Waals surface area (Å²) in [5.41, 5.74) is 2.09. The highest BCUT2D eigenvalue weighted by Crippen LogP contribution is 2.32. The number of nitrogens with zero attached hydrogens (tertiary/aromatic N) is 1. The second-order valence-electron chi connectivity index (χ2n) is 7.92. The fourth-order valence-corrected chi connectivity index (χ4v) is 3.74. The zero-order valence-corrected chi connectivity index (χ0v) is 20.1. The Balaban J connectivity index is 1.97. The zero-order chi connectivity index (χ0) is 30.6. The molecule has 5 atom stereocenters. The molecule has 1 fully saturated rings. The SMILES string of the molecule is [2H]CC(=O)OC[C@H]1OC(Oc2ccc(-c3ccc(C#N)cc3)cc2)[C@@H](OC(=O)C[2H])[C@@H](OC(=O)C[2H])[C@@H]1OC(=O)C[2H]. The molecule has 38 heavy (non-hydrogen) atoms. The van der Waals surface area contributed by atoms with Gasteiger partial charge in [-0.05, 0) is 35.4 Å². The lowest BCUT2D eigenvalue weighted by molar-refractivity contribution is -0.288. The monoisotopic (exact) mass is 529 g/mol. The maximum absolute atomic E-state index is 12.2. The first kappa shape index (κ1) is 22.7. The Kier molecular flexibility index (Phi) is 7.60. The fourth-order valence-electron chi connectivity index (χ4n) is 3.74. The lowest BCUT2D eigenvalue weighted by atomic mass is 9.98. The van der Waals surface area contributed by atoms with Gasteiger partial charge in [0.15, 0.2) is 12.2 Å². The van der Waals surface area contributed by atoms with Crippen molar-refractivity contribution in [1.29, 1.82) is 5.26 Å². The van der Waals surface area contributed by atoms with Crippen LogP contribution >= 0.6 is 0 Å². The first-order valence-electron chi connectivity index (χ1n) is 13.9. The van der Waals surface area contributed by atoms with E-state index in [9.17, 15) is 19.2 Å². The zero-order valence-electron chi connectivity index (χ0n) is 24.1. The van der Waals surface area contributed by atoms with E-state index in [0.717, 1.165) is 11.1 Å². The molecule has 1 aliphatic heterocycles. The van der Waals surface area contributed by atoms with Crippen LogP contribution in [0.25, 0.3) is 11.1 Å². The molecule has 1 aliphatic rings. The molecule has 0 radical (unpaired) electrons. The number of nitriles is 1. The Bertz CT molecular complexity index is 1290. The van der Waals surface area contributed by atoms with Crippen LogP contribution in [0.1, 0.15) is 38.6 Å². The second-order valence-corrected chi connectivity index (χ2v) is 7.92. The van der Waals surface area contributed by atoms with E-state index >= 15 is 0 Å². The molecule has 0 spiro atoms. The first-order chi connectivity index (χ1) is 20.2. The summed E-state index contributed by atoms with van der Waals surface area (Å²) in [6.45, 7) is -3.84. The van der Waals surface area contributed by atoms with E-state index in [2.05, 4.69) is 0 Å². The summed E-state index contributed by atoms with van der Waals surface area (Å²) in [5.74, 6) is -3.98. The van der Waals surface area contributed by atoms with Crippen LogP contribution in [-0.2, 0) is 42.9 Å². The number of esters is 4. The van der Waals surface area contributed by atoms with Crippen LogP contribution in [0.15, 0.2) is 48.5 Å². The topological polar surface area (TPSA) is 147 Å². The number of carbonyl (C=O) groups is 4. The first-order valence-corrected chi connectivity index (χ1v) is 11.1. The quantitative estimate of drug-likeness (QED) is 0.367. The van der Waals surface area contributed by atoms with Crippen LogP contribution in [0.5, 0.6) is 5.75 Å². The van der Waals surface area contributed by atoms with Gasteiger partial charge in [0.1, 0.15) is 18.5 Å². The highest BCUT2D eigenvalue weighted by atomic mass is 16.7. The summed E-state index contributed by atoms with van der Waals surface area (Å²) in [4.78, 5) is 48.2. The minimum atomic E-state index is -1.65. The van der Waals surface area contributed by atoms with E-state index in [-0.39, 0.29) is 5.75 Å². The summed E-state index contributed by atoms with van der Waals surface area (Å²) < 4.78 is 61.9. The maximum atomic E-state index is 12.2. The Morgan fingerprint density at radius 3 is 1.87 bits per heavy atom. The van der Waals surface area contributed by atoms with E-state index in [1.54, 1.807) is 48.5 Å². The van der Waals surface area contributed by atoms with Crippen molar-refractivity contribution in [3.63, 3.8) is 0 Å². The van der Waals surface area contributed by atoms with Gasteiger partial charge in [-0.25, -0.2) is 0 Å². The van der Waals surface area contributed by atoms with E-state index in [0.29, 0.717) is 5.56 Å². The molecule has 200 valence electrons. The molecule has 0 saturated carbocycles. The number of carbonyl (C=O) groups excluding carboxylic acids is 4. The minimum absolute atomic E-state index is 0.193. The Morgan fingerprint density at radius 1 is 0.789 bits per heavy atom. The van der Waals surface area contributed by atoms with Crippen LogP contribution in [-0.4, -0.2) is 61.2 Å². The molecule has 0 aromatic heterocycles. The Labute approximate surface area is 224 Å². The predicted molar refractivity (Wildman–Crippen MR) is 129 cm³/mol.